The molecule has 0 aliphatic heterocycles. The van der Waals surface area contributed by atoms with Crippen molar-refractivity contribution in [2.24, 2.45) is 0 Å². The van der Waals surface area contributed by atoms with E-state index in [0.29, 0.717) is 14.7 Å². The number of hydrogen-bond acceptors (Lipinski definition) is 16. The summed E-state index contributed by atoms with van der Waals surface area (Å²) in [4.78, 5) is 119. The van der Waals surface area contributed by atoms with Gasteiger partial charge in [0.2, 0.25) is 25.6 Å². The molecule has 0 saturated carbocycles. The van der Waals surface area contributed by atoms with Crippen LogP contribution in [0.4, 0.5) is 19.2 Å². The third kappa shape index (κ3) is 15.0. The maximum atomic E-state index is 12.3. The fraction of sp³-hybridized carbons (Fsp3) is 0.615. The van der Waals surface area contributed by atoms with Gasteiger partial charge in [0, 0.05) is 20.2 Å². The molecule has 0 aliphatic rings. The molecule has 0 aromatic carbocycles. The largest absolute Gasteiger partial charge is 0.480 e. The van der Waals surface area contributed by atoms with E-state index in [9.17, 15) is 53.1 Å². The highest BCUT2D eigenvalue weighted by atomic mass is 16.7. The molecule has 0 bridgehead atoms. The van der Waals surface area contributed by atoms with Gasteiger partial charge in [-0.25, -0.2) is 38.6 Å². The van der Waals surface area contributed by atoms with E-state index in [4.69, 9.17) is 14.2 Å². The number of ether oxygens (including phenoxy) is 6. The Kier molecular flexibility index (Phi) is 21.2. The van der Waals surface area contributed by atoms with Crippen molar-refractivity contribution in [3.63, 3.8) is 0 Å². The number of carboxylic acid groups (broad SMARTS) is 1. The van der Waals surface area contributed by atoms with Crippen LogP contribution in [0.2, 0.25) is 0 Å². The van der Waals surface area contributed by atoms with E-state index in [-0.39, 0.29) is 82.2 Å². The van der Waals surface area contributed by atoms with Gasteiger partial charge in [-0.05, 0) is 38.5 Å². The second-order valence-electron chi connectivity index (χ2n) is 9.02. The Morgan fingerprint density at radius 3 is 1.51 bits per heavy atom. The Balaban J connectivity index is 4.87. The fourth-order valence-corrected chi connectivity index (χ4v) is 3.70. The van der Waals surface area contributed by atoms with Gasteiger partial charge in [0.1, 0.15) is 25.3 Å². The monoisotopic (exact) mass is 678 g/mol. The number of esters is 1. The van der Waals surface area contributed by atoms with Gasteiger partial charge < -0.3 is 33.5 Å². The van der Waals surface area contributed by atoms with Crippen LogP contribution in [0.3, 0.4) is 0 Å². The summed E-state index contributed by atoms with van der Waals surface area (Å²) in [6.07, 6.45) is -4.10. The first-order valence-electron chi connectivity index (χ1n) is 13.8. The topological polar surface area (TPSA) is 259 Å². The zero-order chi connectivity index (χ0) is 35.8. The molecule has 0 aliphatic carbocycles. The highest BCUT2D eigenvalue weighted by Crippen LogP contribution is 2.13. The molecular formula is C26H38N4O17. The van der Waals surface area contributed by atoms with Crippen molar-refractivity contribution in [2.75, 3.05) is 54.4 Å². The van der Waals surface area contributed by atoms with Gasteiger partial charge in [0.25, 0.3) is 0 Å². The molecule has 0 aromatic heterocycles. The molecule has 0 fully saturated rings. The first-order chi connectivity index (χ1) is 22.5. The lowest BCUT2D eigenvalue weighted by atomic mass is 10.1. The second kappa shape index (κ2) is 24.0. The predicted octanol–water partition coefficient (Wildman–Crippen LogP) is -0.0645. The van der Waals surface area contributed by atoms with Crippen LogP contribution in [0.5, 0.6) is 0 Å². The Morgan fingerprint density at radius 1 is 0.596 bits per heavy atom. The smallest absolute Gasteiger partial charge is 0.417 e. The molecule has 0 aromatic rings. The van der Waals surface area contributed by atoms with E-state index >= 15 is 0 Å². The van der Waals surface area contributed by atoms with Crippen LogP contribution >= 0.6 is 0 Å². The highest BCUT2D eigenvalue weighted by molar-refractivity contribution is 5.89. The van der Waals surface area contributed by atoms with Gasteiger partial charge in [0.05, 0.1) is 14.2 Å². The van der Waals surface area contributed by atoms with Crippen molar-refractivity contribution in [1.29, 1.82) is 0 Å². The molecule has 2 unspecified atom stereocenters. The SMILES string of the molecule is COCOC(=O)C(CCCCN(C=O)C(=O)OCCOC(=O)N(C=O)C(CCCCN(C=O)C(=O)OC)C(=O)O)N(C=O)C(=O)OC. The van der Waals surface area contributed by atoms with Crippen molar-refractivity contribution >= 4 is 62.0 Å². The number of aliphatic carboxylic acids is 1. The van der Waals surface area contributed by atoms with Crippen LogP contribution in [0.1, 0.15) is 38.5 Å². The van der Waals surface area contributed by atoms with Crippen molar-refractivity contribution < 1.29 is 81.5 Å². The summed E-state index contributed by atoms with van der Waals surface area (Å²) in [7, 11) is 3.32. The number of carbonyl (C=O) groups is 10. The molecule has 1 N–H and O–H groups in total. The number of rotatable bonds is 23. The van der Waals surface area contributed by atoms with Gasteiger partial charge in [0.15, 0.2) is 6.79 Å². The van der Waals surface area contributed by atoms with Crippen molar-refractivity contribution in [2.45, 2.75) is 50.6 Å². The van der Waals surface area contributed by atoms with Crippen molar-refractivity contribution in [3.8, 4) is 0 Å². The van der Waals surface area contributed by atoms with Gasteiger partial charge in [-0.1, -0.05) is 0 Å². The van der Waals surface area contributed by atoms with E-state index in [1.54, 1.807) is 0 Å². The number of nitrogens with zero attached hydrogens (tertiary/aromatic N) is 4. The molecule has 2 atom stereocenters. The van der Waals surface area contributed by atoms with Gasteiger partial charge >= 0.3 is 36.3 Å². The third-order valence-corrected chi connectivity index (χ3v) is 6.06. The number of unbranched alkanes of at least 4 members (excludes halogenated alkanes) is 2. The third-order valence-electron chi connectivity index (χ3n) is 6.06. The number of hydrogen-bond donors (Lipinski definition) is 1. The Bertz CT molecular complexity index is 1090. The summed E-state index contributed by atoms with van der Waals surface area (Å²) in [6, 6.07) is -3.03. The zero-order valence-electron chi connectivity index (χ0n) is 26.0. The maximum absolute atomic E-state index is 12.3. The standard InChI is InChI=1S/C26H38N4O17/c1-42-18-47-22(37)20(30(17-34)25(40)44-3)9-5-7-11-28(15-32)24(39)45-12-13-46-26(41)29(16-33)19(21(35)36)8-4-6-10-27(14-31)23(38)43-2/h14-17,19-20H,4-13,18H2,1-3H3,(H,35,36). The summed E-state index contributed by atoms with van der Waals surface area (Å²) in [5.41, 5.74) is 0. The lowest BCUT2D eigenvalue weighted by molar-refractivity contribution is -0.161. The average Bonchev–Trinajstić information content (AvgIpc) is 3.07. The van der Waals surface area contributed by atoms with Crippen LogP contribution in [-0.2, 0) is 57.2 Å². The predicted molar refractivity (Wildman–Crippen MR) is 150 cm³/mol. The first-order valence-corrected chi connectivity index (χ1v) is 13.8. The van der Waals surface area contributed by atoms with E-state index < -0.39 is 68.4 Å². The lowest BCUT2D eigenvalue weighted by Gasteiger charge is -2.24. The summed E-state index contributed by atoms with van der Waals surface area (Å²) >= 11 is 0. The minimum Gasteiger partial charge on any atom is -0.480 e. The molecule has 0 rings (SSSR count). The minimum atomic E-state index is -1.65. The van der Waals surface area contributed by atoms with Crippen LogP contribution in [-0.4, -0.2) is 153 Å². The first kappa shape index (κ1) is 41.7. The number of imide groups is 4. The molecule has 0 spiro atoms. The summed E-state index contributed by atoms with van der Waals surface area (Å²) in [5, 5.41) is 9.47. The molecule has 0 saturated heterocycles. The number of carboxylic acids is 1. The molecule has 0 heterocycles. The van der Waals surface area contributed by atoms with Crippen LogP contribution in [0.15, 0.2) is 0 Å². The van der Waals surface area contributed by atoms with Crippen LogP contribution in [0.25, 0.3) is 0 Å². The Hall–Kier alpha value is -5.34. The summed E-state index contributed by atoms with van der Waals surface area (Å²) in [6.45, 7) is -1.98. The van der Waals surface area contributed by atoms with E-state index in [2.05, 4.69) is 14.2 Å². The van der Waals surface area contributed by atoms with E-state index in [1.807, 2.05) is 0 Å². The number of carbonyl (C=O) groups excluding carboxylic acids is 9. The summed E-state index contributed by atoms with van der Waals surface area (Å²) in [5.74, 6) is -2.50. The second-order valence-corrected chi connectivity index (χ2v) is 9.02. The molecule has 264 valence electrons. The zero-order valence-corrected chi connectivity index (χ0v) is 26.0. The summed E-state index contributed by atoms with van der Waals surface area (Å²) < 4.78 is 28.0. The van der Waals surface area contributed by atoms with Gasteiger partial charge in [-0.2, -0.15) is 0 Å². The lowest BCUT2D eigenvalue weighted by Crippen LogP contribution is -2.45. The minimum absolute atomic E-state index is 0.0607. The molecule has 0 radical (unpaired) electrons. The number of methoxy groups -OCH3 is 3. The normalized spacial score (nSPS) is 11.4. The molecule has 47 heavy (non-hydrogen) atoms. The quantitative estimate of drug-likeness (QED) is 0.0487. The van der Waals surface area contributed by atoms with Gasteiger partial charge in [-0.15, -0.1) is 0 Å². The molecular weight excluding hydrogens is 640 g/mol. The maximum Gasteiger partial charge on any atom is 0.417 e. The van der Waals surface area contributed by atoms with E-state index in [0.717, 1.165) is 14.2 Å². The van der Waals surface area contributed by atoms with Crippen LogP contribution in [0, 0.1) is 0 Å². The van der Waals surface area contributed by atoms with Crippen molar-refractivity contribution in [3.05, 3.63) is 0 Å². The molecule has 21 heteroatoms. The van der Waals surface area contributed by atoms with Crippen molar-refractivity contribution in [1.82, 2.24) is 19.6 Å². The molecule has 8 amide bonds. The number of amides is 8. The van der Waals surface area contributed by atoms with Crippen LogP contribution < -0.4 is 0 Å². The Labute approximate surface area is 268 Å². The Morgan fingerprint density at radius 2 is 1.06 bits per heavy atom. The van der Waals surface area contributed by atoms with Gasteiger partial charge in [-0.3, -0.25) is 29.0 Å². The highest BCUT2D eigenvalue weighted by Gasteiger charge is 2.32. The average molecular weight is 679 g/mol. The van der Waals surface area contributed by atoms with E-state index in [1.165, 1.54) is 7.11 Å². The fourth-order valence-electron chi connectivity index (χ4n) is 3.70. The molecule has 21 nitrogen and oxygen atoms in total.